The van der Waals surface area contributed by atoms with Gasteiger partial charge in [-0.05, 0) is 49.1 Å². The first kappa shape index (κ1) is 24.4. The van der Waals surface area contributed by atoms with Gasteiger partial charge in [0.15, 0.2) is 6.29 Å². The van der Waals surface area contributed by atoms with Gasteiger partial charge in [0.2, 0.25) is 0 Å². The van der Waals surface area contributed by atoms with E-state index < -0.39 is 18.1 Å². The summed E-state index contributed by atoms with van der Waals surface area (Å²) >= 11 is 0. The molecule has 32 heavy (non-hydrogen) atoms. The third-order valence-corrected chi connectivity index (χ3v) is 5.88. The van der Waals surface area contributed by atoms with Crippen LogP contribution in [0.3, 0.4) is 0 Å². The summed E-state index contributed by atoms with van der Waals surface area (Å²) in [5.41, 5.74) is 1.69. The number of rotatable bonds is 11. The second-order valence-corrected chi connectivity index (χ2v) is 8.59. The highest BCUT2D eigenvalue weighted by atomic mass is 19.1. The van der Waals surface area contributed by atoms with Crippen molar-refractivity contribution in [1.29, 1.82) is 0 Å². The Hall–Kier alpha value is -2.24. The Bertz CT molecular complexity index is 841. The van der Waals surface area contributed by atoms with Crippen LogP contribution in [0.2, 0.25) is 0 Å². The summed E-state index contributed by atoms with van der Waals surface area (Å²) in [5, 5.41) is 0. The van der Waals surface area contributed by atoms with Crippen LogP contribution in [0.25, 0.3) is 0 Å². The van der Waals surface area contributed by atoms with Crippen molar-refractivity contribution >= 4 is 5.97 Å². The molecule has 0 atom stereocenters. The highest BCUT2D eigenvalue weighted by Crippen LogP contribution is 2.29. The van der Waals surface area contributed by atoms with E-state index in [1.807, 2.05) is 12.1 Å². The van der Waals surface area contributed by atoms with Crippen molar-refractivity contribution in [3.05, 3.63) is 65.0 Å². The third kappa shape index (κ3) is 7.14. The molecule has 0 bridgehead atoms. The molecule has 0 aliphatic carbocycles. The van der Waals surface area contributed by atoms with Crippen LogP contribution in [0, 0.1) is 11.7 Å². The van der Waals surface area contributed by atoms with E-state index in [9.17, 15) is 9.18 Å². The molecule has 1 heterocycles. The number of carbonyl (C=O) groups excluding carboxylic acids is 1. The van der Waals surface area contributed by atoms with Crippen LogP contribution in [-0.4, -0.2) is 19.2 Å². The van der Waals surface area contributed by atoms with Crippen LogP contribution in [-0.2, 0) is 15.9 Å². The summed E-state index contributed by atoms with van der Waals surface area (Å²) in [6.45, 7) is 5.48. The first-order chi connectivity index (χ1) is 15.6. The summed E-state index contributed by atoms with van der Waals surface area (Å²) < 4.78 is 31.6. The molecule has 3 rings (SSSR count). The molecule has 0 unspecified atom stereocenters. The second kappa shape index (κ2) is 12.7. The summed E-state index contributed by atoms with van der Waals surface area (Å²) in [7, 11) is 0. The SMILES string of the molecule is CCCCCc1ccc(OC(=O)c2ccc(C3OCC(CCCCC)CO3)c(F)c2)cc1. The molecule has 1 fully saturated rings. The van der Waals surface area contributed by atoms with Crippen molar-refractivity contribution in [1.82, 2.24) is 0 Å². The van der Waals surface area contributed by atoms with Crippen LogP contribution < -0.4 is 4.74 Å². The van der Waals surface area contributed by atoms with Crippen LogP contribution >= 0.6 is 0 Å². The lowest BCUT2D eigenvalue weighted by Gasteiger charge is -2.29. The normalized spacial score (nSPS) is 18.5. The Balaban J connectivity index is 1.53. The highest BCUT2D eigenvalue weighted by molar-refractivity contribution is 5.91. The lowest BCUT2D eigenvalue weighted by molar-refractivity contribution is -0.207. The lowest BCUT2D eigenvalue weighted by atomic mass is 10.0. The van der Waals surface area contributed by atoms with Gasteiger partial charge in [-0.25, -0.2) is 9.18 Å². The molecule has 1 saturated heterocycles. The van der Waals surface area contributed by atoms with E-state index >= 15 is 0 Å². The van der Waals surface area contributed by atoms with E-state index in [2.05, 4.69) is 13.8 Å². The number of hydrogen-bond acceptors (Lipinski definition) is 4. The minimum atomic E-state index is -0.734. The number of aryl methyl sites for hydroxylation is 1. The van der Waals surface area contributed by atoms with Gasteiger partial charge in [-0.3, -0.25) is 0 Å². The molecule has 1 aliphatic heterocycles. The quantitative estimate of drug-likeness (QED) is 0.213. The van der Waals surface area contributed by atoms with Crippen LogP contribution in [0.5, 0.6) is 5.75 Å². The largest absolute Gasteiger partial charge is 0.423 e. The molecule has 1 aliphatic rings. The van der Waals surface area contributed by atoms with Gasteiger partial charge in [-0.2, -0.15) is 0 Å². The fourth-order valence-electron chi connectivity index (χ4n) is 3.89. The number of halogens is 1. The van der Waals surface area contributed by atoms with E-state index in [1.54, 1.807) is 24.3 Å². The van der Waals surface area contributed by atoms with Crippen molar-refractivity contribution < 1.29 is 23.4 Å². The minimum absolute atomic E-state index is 0.159. The predicted octanol–water partition coefficient (Wildman–Crippen LogP) is 7.02. The van der Waals surface area contributed by atoms with Gasteiger partial charge in [0.1, 0.15) is 11.6 Å². The van der Waals surface area contributed by atoms with E-state index in [0.29, 0.717) is 30.4 Å². The van der Waals surface area contributed by atoms with E-state index in [1.165, 1.54) is 37.3 Å². The fourth-order valence-corrected chi connectivity index (χ4v) is 3.89. The van der Waals surface area contributed by atoms with Crippen molar-refractivity contribution in [2.24, 2.45) is 5.92 Å². The van der Waals surface area contributed by atoms with Gasteiger partial charge in [0.05, 0.1) is 18.8 Å². The molecular formula is C27H35FO4. The van der Waals surface area contributed by atoms with E-state index in [4.69, 9.17) is 14.2 Å². The van der Waals surface area contributed by atoms with Crippen LogP contribution in [0.1, 0.15) is 86.6 Å². The number of benzene rings is 2. The molecule has 174 valence electrons. The first-order valence-electron chi connectivity index (χ1n) is 11.9. The molecule has 0 N–H and O–H groups in total. The maximum Gasteiger partial charge on any atom is 0.343 e. The Labute approximate surface area is 191 Å². The zero-order valence-electron chi connectivity index (χ0n) is 19.3. The topological polar surface area (TPSA) is 44.8 Å². The summed E-state index contributed by atoms with van der Waals surface area (Å²) in [6, 6.07) is 11.8. The van der Waals surface area contributed by atoms with Crippen LogP contribution in [0.15, 0.2) is 42.5 Å². The smallest absolute Gasteiger partial charge is 0.343 e. The van der Waals surface area contributed by atoms with Crippen molar-refractivity contribution in [2.75, 3.05) is 13.2 Å². The molecular weight excluding hydrogens is 407 g/mol. The Morgan fingerprint density at radius 2 is 1.66 bits per heavy atom. The molecule has 0 amide bonds. The standard InChI is InChI=1S/C27H35FO4/c1-3-5-7-9-20-11-14-23(15-12-20)32-26(29)22-13-16-24(25(28)17-22)27-30-18-21(19-31-27)10-8-6-4-2/h11-17,21,27H,3-10,18-19H2,1-2H3. The number of esters is 1. The van der Waals surface area contributed by atoms with E-state index in [0.717, 1.165) is 25.7 Å². The lowest BCUT2D eigenvalue weighted by Crippen LogP contribution is -2.27. The molecule has 4 nitrogen and oxygen atoms in total. The molecule has 5 heteroatoms. The number of carbonyl (C=O) groups is 1. The average Bonchev–Trinajstić information content (AvgIpc) is 2.81. The Morgan fingerprint density at radius 1 is 0.969 bits per heavy atom. The zero-order chi connectivity index (χ0) is 22.8. The van der Waals surface area contributed by atoms with Gasteiger partial charge in [-0.1, -0.05) is 64.2 Å². The molecule has 0 aromatic heterocycles. The minimum Gasteiger partial charge on any atom is -0.423 e. The molecule has 0 radical (unpaired) electrons. The second-order valence-electron chi connectivity index (χ2n) is 8.59. The predicted molar refractivity (Wildman–Crippen MR) is 123 cm³/mol. The molecule has 0 spiro atoms. The Morgan fingerprint density at radius 3 is 2.31 bits per heavy atom. The van der Waals surface area contributed by atoms with Crippen molar-refractivity contribution in [2.45, 2.75) is 71.5 Å². The summed E-state index contributed by atoms with van der Waals surface area (Å²) in [4.78, 5) is 12.5. The number of ether oxygens (including phenoxy) is 3. The third-order valence-electron chi connectivity index (χ3n) is 5.88. The van der Waals surface area contributed by atoms with Gasteiger partial charge >= 0.3 is 5.97 Å². The number of unbranched alkanes of at least 4 members (excludes halogenated alkanes) is 4. The van der Waals surface area contributed by atoms with Crippen molar-refractivity contribution in [3.8, 4) is 5.75 Å². The molecule has 2 aromatic rings. The average molecular weight is 443 g/mol. The monoisotopic (exact) mass is 442 g/mol. The summed E-state index contributed by atoms with van der Waals surface area (Å²) in [5.74, 6) is -0.309. The maximum atomic E-state index is 14.7. The molecule has 0 saturated carbocycles. The first-order valence-corrected chi connectivity index (χ1v) is 11.9. The van der Waals surface area contributed by atoms with Gasteiger partial charge in [0, 0.05) is 11.5 Å². The fraction of sp³-hybridized carbons (Fsp3) is 0.519. The van der Waals surface area contributed by atoms with Crippen molar-refractivity contribution in [3.63, 3.8) is 0 Å². The Kier molecular flexibility index (Phi) is 9.69. The van der Waals surface area contributed by atoms with E-state index in [-0.39, 0.29) is 5.56 Å². The number of hydrogen-bond donors (Lipinski definition) is 0. The highest BCUT2D eigenvalue weighted by Gasteiger charge is 2.26. The van der Waals surface area contributed by atoms with Gasteiger partial charge < -0.3 is 14.2 Å². The summed E-state index contributed by atoms with van der Waals surface area (Å²) in [6.07, 6.45) is 8.42. The maximum absolute atomic E-state index is 14.7. The zero-order valence-corrected chi connectivity index (χ0v) is 19.3. The van der Waals surface area contributed by atoms with Crippen LogP contribution in [0.4, 0.5) is 4.39 Å². The molecule has 2 aromatic carbocycles. The van der Waals surface area contributed by atoms with Gasteiger partial charge in [-0.15, -0.1) is 0 Å². The van der Waals surface area contributed by atoms with Gasteiger partial charge in [0.25, 0.3) is 0 Å².